The van der Waals surface area contributed by atoms with Gasteiger partial charge in [-0.05, 0) is 64.3 Å². The highest BCUT2D eigenvalue weighted by Crippen LogP contribution is 2.32. The van der Waals surface area contributed by atoms with Crippen molar-refractivity contribution in [2.45, 2.75) is 109 Å². The zero-order valence-corrected chi connectivity index (χ0v) is 28.3. The SMILES string of the molecule is CC[C@H]1OC(=O)[C@H](C)[C@@H](O)[C@H](C)[C@@H](O)[C@](C)(O)C[C@@H](C)CN(CCCNC(=O)Nc2cccc3ccccc23)[C@H](C)[C@@H](O)[C@]1(C)O. The second kappa shape index (κ2) is 15.9. The van der Waals surface area contributed by atoms with E-state index in [1.165, 1.54) is 20.8 Å². The highest BCUT2D eigenvalue weighted by Gasteiger charge is 2.47. The summed E-state index contributed by atoms with van der Waals surface area (Å²) in [7, 11) is 0. The Morgan fingerprint density at radius 1 is 1.00 bits per heavy atom. The first kappa shape index (κ1) is 37.7. The molecule has 11 heteroatoms. The van der Waals surface area contributed by atoms with Gasteiger partial charge in [-0.25, -0.2) is 4.79 Å². The van der Waals surface area contributed by atoms with Crippen molar-refractivity contribution in [1.82, 2.24) is 10.2 Å². The Kier molecular flexibility index (Phi) is 13.0. The number of esters is 1. The quantitative estimate of drug-likeness (QED) is 0.184. The molecule has 2 aromatic carbocycles. The van der Waals surface area contributed by atoms with Crippen molar-refractivity contribution in [3.63, 3.8) is 0 Å². The molecule has 11 nitrogen and oxygen atoms in total. The largest absolute Gasteiger partial charge is 0.459 e. The maximum Gasteiger partial charge on any atom is 0.319 e. The number of aliphatic hydroxyl groups is 5. The molecule has 0 aliphatic carbocycles. The van der Waals surface area contributed by atoms with Crippen molar-refractivity contribution in [2.75, 3.05) is 25.0 Å². The van der Waals surface area contributed by atoms with Gasteiger partial charge in [-0.1, -0.05) is 57.2 Å². The molecule has 1 aliphatic heterocycles. The summed E-state index contributed by atoms with van der Waals surface area (Å²) >= 11 is 0. The van der Waals surface area contributed by atoms with Gasteiger partial charge in [-0.3, -0.25) is 9.69 Å². The normalized spacial score (nSPS) is 35.5. The lowest BCUT2D eigenvalue weighted by Gasteiger charge is -2.43. The smallest absolute Gasteiger partial charge is 0.319 e. The third-order valence-electron chi connectivity index (χ3n) is 9.72. The maximum absolute atomic E-state index is 13.1. The predicted molar refractivity (Wildman–Crippen MR) is 178 cm³/mol. The Morgan fingerprint density at radius 2 is 1.65 bits per heavy atom. The number of anilines is 1. The number of benzene rings is 2. The van der Waals surface area contributed by atoms with Crippen LogP contribution in [-0.4, -0.2) is 104 Å². The van der Waals surface area contributed by atoms with Gasteiger partial charge in [-0.2, -0.15) is 0 Å². The minimum Gasteiger partial charge on any atom is -0.459 e. The van der Waals surface area contributed by atoms with E-state index in [0.717, 1.165) is 10.8 Å². The number of aliphatic hydroxyl groups excluding tert-OH is 3. The van der Waals surface area contributed by atoms with Crippen molar-refractivity contribution < 1.29 is 39.9 Å². The lowest BCUT2D eigenvalue weighted by molar-refractivity contribution is -0.193. The Hall–Kier alpha value is -2.80. The predicted octanol–water partition coefficient (Wildman–Crippen LogP) is 3.26. The molecule has 0 bridgehead atoms. The van der Waals surface area contributed by atoms with Crippen LogP contribution < -0.4 is 10.6 Å². The van der Waals surface area contributed by atoms with Gasteiger partial charge < -0.3 is 40.9 Å². The lowest BCUT2D eigenvalue weighted by Crippen LogP contribution is -2.59. The second-order valence-corrected chi connectivity index (χ2v) is 13.8. The Balaban J connectivity index is 1.78. The number of ether oxygens (including phenoxy) is 1. The molecule has 258 valence electrons. The number of carbonyl (C=O) groups is 2. The minimum atomic E-state index is -1.83. The number of carbonyl (C=O) groups excluding carboxylic acids is 2. The number of hydrogen-bond donors (Lipinski definition) is 7. The van der Waals surface area contributed by atoms with E-state index in [1.807, 2.05) is 54.3 Å². The summed E-state index contributed by atoms with van der Waals surface area (Å²) in [5, 5.41) is 64.2. The minimum absolute atomic E-state index is 0.170. The molecule has 46 heavy (non-hydrogen) atoms. The molecule has 1 fully saturated rings. The third-order valence-corrected chi connectivity index (χ3v) is 9.72. The van der Waals surface area contributed by atoms with E-state index in [0.29, 0.717) is 31.7 Å². The molecule has 1 heterocycles. The molecule has 0 unspecified atom stereocenters. The summed E-state index contributed by atoms with van der Waals surface area (Å²) in [5.41, 5.74) is -2.72. The summed E-state index contributed by atoms with van der Waals surface area (Å²) in [5.74, 6) is -2.86. The van der Waals surface area contributed by atoms with Gasteiger partial charge in [0.05, 0.1) is 29.4 Å². The van der Waals surface area contributed by atoms with Gasteiger partial charge in [0.2, 0.25) is 0 Å². The molecule has 1 aliphatic rings. The van der Waals surface area contributed by atoms with Crippen molar-refractivity contribution in [3.8, 4) is 0 Å². The van der Waals surface area contributed by atoms with E-state index in [2.05, 4.69) is 10.6 Å². The Bertz CT molecular complexity index is 1300. The molecule has 10 atom stereocenters. The molecule has 0 spiro atoms. The summed E-state index contributed by atoms with van der Waals surface area (Å²) < 4.78 is 5.66. The monoisotopic (exact) mass is 645 g/mol. The highest BCUT2D eigenvalue weighted by atomic mass is 16.6. The molecule has 0 saturated carbocycles. The van der Waals surface area contributed by atoms with Crippen LogP contribution in [0.4, 0.5) is 10.5 Å². The van der Waals surface area contributed by atoms with Crippen LogP contribution in [0.25, 0.3) is 10.8 Å². The molecule has 2 aromatic rings. The molecular weight excluding hydrogens is 590 g/mol. The van der Waals surface area contributed by atoms with Crippen molar-refractivity contribution in [2.24, 2.45) is 17.8 Å². The molecule has 2 amide bonds. The van der Waals surface area contributed by atoms with Gasteiger partial charge in [0, 0.05) is 37.0 Å². The second-order valence-electron chi connectivity index (χ2n) is 13.8. The van der Waals surface area contributed by atoms with Crippen molar-refractivity contribution in [1.29, 1.82) is 0 Å². The number of cyclic esters (lactones) is 1. The van der Waals surface area contributed by atoms with Crippen LogP contribution in [0.1, 0.15) is 67.7 Å². The first-order valence-electron chi connectivity index (χ1n) is 16.5. The van der Waals surface area contributed by atoms with Gasteiger partial charge in [-0.15, -0.1) is 0 Å². The summed E-state index contributed by atoms with van der Waals surface area (Å²) in [6, 6.07) is 12.5. The van der Waals surface area contributed by atoms with E-state index >= 15 is 0 Å². The molecule has 0 radical (unpaired) electrons. The van der Waals surface area contributed by atoms with Crippen LogP contribution in [-0.2, 0) is 9.53 Å². The van der Waals surface area contributed by atoms with Crippen LogP contribution in [0.3, 0.4) is 0 Å². The fourth-order valence-corrected chi connectivity index (χ4v) is 6.83. The number of nitrogens with zero attached hydrogens (tertiary/aromatic N) is 1. The van der Waals surface area contributed by atoms with Crippen LogP contribution >= 0.6 is 0 Å². The first-order chi connectivity index (χ1) is 21.5. The average Bonchev–Trinajstić information content (AvgIpc) is 3.02. The average molecular weight is 646 g/mol. The van der Waals surface area contributed by atoms with Gasteiger partial charge in [0.25, 0.3) is 0 Å². The van der Waals surface area contributed by atoms with Crippen LogP contribution in [0.15, 0.2) is 42.5 Å². The van der Waals surface area contributed by atoms with Gasteiger partial charge in [0.1, 0.15) is 17.8 Å². The van der Waals surface area contributed by atoms with Crippen molar-refractivity contribution >= 4 is 28.5 Å². The van der Waals surface area contributed by atoms with Crippen LogP contribution in [0.2, 0.25) is 0 Å². The number of amides is 2. The Morgan fingerprint density at radius 3 is 2.33 bits per heavy atom. The fraction of sp³-hybridized carbons (Fsp3) is 0.657. The van der Waals surface area contributed by atoms with E-state index < -0.39 is 59.5 Å². The number of fused-ring (bicyclic) bond motifs is 1. The summed E-state index contributed by atoms with van der Waals surface area (Å²) in [6.07, 6.45) is -4.16. The standard InChI is InChI=1S/C35H55N3O8/c1-8-28-35(7,45)31(41)24(5)38(18-12-17-36-33(43)37-27-16-11-14-25-13-9-10-15-26(25)27)20-21(2)19-34(6,44)30(40)22(3)29(39)23(4)32(42)46-28/h9-11,13-16,21-24,28-31,39-41,44-45H,8,12,17-20H2,1-7H3,(H2,36,37,43)/t21-,22+,23-,24-,28-,29+,30-,31-,34-,35-/m1/s1. The molecular formula is C35H55N3O8. The number of hydrogen-bond acceptors (Lipinski definition) is 9. The summed E-state index contributed by atoms with van der Waals surface area (Å²) in [6.45, 7) is 12.6. The van der Waals surface area contributed by atoms with Gasteiger partial charge in [0.15, 0.2) is 0 Å². The zero-order valence-electron chi connectivity index (χ0n) is 28.3. The Labute approximate surface area is 272 Å². The fourth-order valence-electron chi connectivity index (χ4n) is 6.83. The molecule has 1 saturated heterocycles. The topological polar surface area (TPSA) is 172 Å². The molecule has 7 N–H and O–H groups in total. The number of urea groups is 1. The number of rotatable bonds is 6. The van der Waals surface area contributed by atoms with E-state index in [1.54, 1.807) is 20.8 Å². The van der Waals surface area contributed by atoms with Crippen molar-refractivity contribution in [3.05, 3.63) is 42.5 Å². The van der Waals surface area contributed by atoms with Crippen LogP contribution in [0, 0.1) is 17.8 Å². The van der Waals surface area contributed by atoms with E-state index in [-0.39, 0.29) is 24.8 Å². The highest BCUT2D eigenvalue weighted by molar-refractivity contribution is 6.01. The first-order valence-corrected chi connectivity index (χ1v) is 16.5. The zero-order chi connectivity index (χ0) is 34.4. The third kappa shape index (κ3) is 8.96. The van der Waals surface area contributed by atoms with E-state index in [4.69, 9.17) is 4.74 Å². The molecule has 0 aromatic heterocycles. The number of nitrogens with one attached hydrogen (secondary N) is 2. The molecule has 3 rings (SSSR count). The summed E-state index contributed by atoms with van der Waals surface area (Å²) in [4.78, 5) is 27.8. The van der Waals surface area contributed by atoms with Crippen LogP contribution in [0.5, 0.6) is 0 Å². The lowest BCUT2D eigenvalue weighted by atomic mass is 9.78. The van der Waals surface area contributed by atoms with E-state index in [9.17, 15) is 35.1 Å². The maximum atomic E-state index is 13.1. The van der Waals surface area contributed by atoms with Gasteiger partial charge >= 0.3 is 12.0 Å².